The highest BCUT2D eigenvalue weighted by atomic mass is 16.2. The molecule has 2 aromatic rings. The fraction of sp³-hybridized carbons (Fsp3) is 0.500. The average Bonchev–Trinajstić information content (AvgIpc) is 2.94. The van der Waals surface area contributed by atoms with Crippen LogP contribution in [-0.2, 0) is 40.1 Å². The van der Waals surface area contributed by atoms with Crippen LogP contribution in [0.5, 0.6) is 0 Å². The fourth-order valence-corrected chi connectivity index (χ4v) is 5.35. The third-order valence-electron chi connectivity index (χ3n) is 7.75. The molecule has 0 N–H and O–H groups in total. The van der Waals surface area contributed by atoms with Gasteiger partial charge in [0, 0.05) is 52.4 Å². The van der Waals surface area contributed by atoms with Gasteiger partial charge in [0.2, 0.25) is 17.7 Å². The summed E-state index contributed by atoms with van der Waals surface area (Å²) in [6, 6.07) is 16.3. The number of carbonyl (C=O) groups excluding carboxylic acids is 3. The Morgan fingerprint density at radius 2 is 0.892 bits per heavy atom. The van der Waals surface area contributed by atoms with E-state index in [-0.39, 0.29) is 17.7 Å². The molecule has 2 fully saturated rings. The third kappa shape index (κ3) is 6.98. The van der Waals surface area contributed by atoms with Crippen molar-refractivity contribution < 1.29 is 14.4 Å². The lowest BCUT2D eigenvalue weighted by molar-refractivity contribution is -0.140. The highest BCUT2D eigenvalue weighted by Gasteiger charge is 2.27. The van der Waals surface area contributed by atoms with Crippen LogP contribution in [0, 0.1) is 0 Å². The van der Waals surface area contributed by atoms with E-state index in [1.165, 1.54) is 11.1 Å². The van der Waals surface area contributed by atoms with Gasteiger partial charge in [-0.3, -0.25) is 19.3 Å². The molecule has 0 saturated carbocycles. The van der Waals surface area contributed by atoms with E-state index < -0.39 is 0 Å². The number of rotatable bonds is 8. The fourth-order valence-electron chi connectivity index (χ4n) is 5.35. The first kappa shape index (κ1) is 26.9. The van der Waals surface area contributed by atoms with Crippen molar-refractivity contribution in [3.63, 3.8) is 0 Å². The molecule has 2 aliphatic heterocycles. The zero-order valence-electron chi connectivity index (χ0n) is 22.3. The monoisotopic (exact) mass is 504 g/mol. The molecule has 3 amide bonds. The van der Waals surface area contributed by atoms with Crippen molar-refractivity contribution in [2.45, 2.75) is 39.5 Å². The van der Waals surface area contributed by atoms with Crippen molar-refractivity contribution >= 4 is 17.7 Å². The Kier molecular flexibility index (Phi) is 9.34. The summed E-state index contributed by atoms with van der Waals surface area (Å²) >= 11 is 0. The molecule has 0 aromatic heterocycles. The van der Waals surface area contributed by atoms with Crippen LogP contribution in [0.3, 0.4) is 0 Å². The maximum Gasteiger partial charge on any atom is 0.236 e. The van der Waals surface area contributed by atoms with Crippen molar-refractivity contribution in [1.82, 2.24) is 19.6 Å². The Morgan fingerprint density at radius 1 is 0.541 bits per heavy atom. The van der Waals surface area contributed by atoms with Crippen molar-refractivity contribution in [2.75, 3.05) is 58.9 Å². The number of aryl methyl sites for hydroxylation is 2. The average molecular weight is 505 g/mol. The molecule has 2 aromatic carbocycles. The molecule has 0 aliphatic carbocycles. The van der Waals surface area contributed by atoms with E-state index in [0.717, 1.165) is 24.0 Å². The van der Waals surface area contributed by atoms with Crippen LogP contribution < -0.4 is 0 Å². The predicted molar refractivity (Wildman–Crippen MR) is 145 cm³/mol. The van der Waals surface area contributed by atoms with Crippen LogP contribution in [0.2, 0.25) is 0 Å². The Labute approximate surface area is 221 Å². The molecule has 198 valence electrons. The lowest BCUT2D eigenvalue weighted by Crippen LogP contribution is -2.55. The number of nitrogens with zero attached hydrogens (tertiary/aromatic N) is 4. The predicted octanol–water partition coefficient (Wildman–Crippen LogP) is 2.41. The summed E-state index contributed by atoms with van der Waals surface area (Å²) in [5.41, 5.74) is 4.66. The topological polar surface area (TPSA) is 64.2 Å². The summed E-state index contributed by atoms with van der Waals surface area (Å²) in [5.74, 6) is 0.407. The molecule has 2 heterocycles. The van der Waals surface area contributed by atoms with Crippen LogP contribution >= 0.6 is 0 Å². The lowest BCUT2D eigenvalue weighted by atomic mass is 10.0. The molecule has 4 rings (SSSR count). The van der Waals surface area contributed by atoms with Gasteiger partial charge in [-0.05, 0) is 35.1 Å². The van der Waals surface area contributed by atoms with Crippen LogP contribution in [0.25, 0.3) is 0 Å². The molecule has 2 saturated heterocycles. The SMILES string of the molecule is CCc1ccccc1CC(=O)N1CCN(CC(=O)N2CCN(C(=O)Cc3ccccc3CC)CC2)CC1. The molecule has 2 aliphatic rings. The Hall–Kier alpha value is -3.19. The van der Waals surface area contributed by atoms with Gasteiger partial charge < -0.3 is 14.7 Å². The van der Waals surface area contributed by atoms with Gasteiger partial charge in [0.15, 0.2) is 0 Å². The van der Waals surface area contributed by atoms with Crippen LogP contribution in [-0.4, -0.2) is 96.2 Å². The smallest absolute Gasteiger partial charge is 0.236 e. The molecule has 0 atom stereocenters. The minimum absolute atomic E-state index is 0.111. The second-order valence-corrected chi connectivity index (χ2v) is 10.0. The van der Waals surface area contributed by atoms with Crippen molar-refractivity contribution in [3.8, 4) is 0 Å². The zero-order chi connectivity index (χ0) is 26.2. The molecular weight excluding hydrogens is 464 g/mol. The Morgan fingerprint density at radius 3 is 1.30 bits per heavy atom. The van der Waals surface area contributed by atoms with Crippen LogP contribution in [0.4, 0.5) is 0 Å². The second-order valence-electron chi connectivity index (χ2n) is 10.0. The van der Waals surface area contributed by atoms with E-state index in [9.17, 15) is 14.4 Å². The number of piperazine rings is 2. The largest absolute Gasteiger partial charge is 0.340 e. The van der Waals surface area contributed by atoms with E-state index in [2.05, 4.69) is 30.9 Å². The maximum absolute atomic E-state index is 12.9. The molecular formula is C30H40N4O3. The summed E-state index contributed by atoms with van der Waals surface area (Å²) in [6.07, 6.45) is 2.70. The maximum atomic E-state index is 12.9. The van der Waals surface area contributed by atoms with Crippen molar-refractivity contribution in [2.24, 2.45) is 0 Å². The summed E-state index contributed by atoms with van der Waals surface area (Å²) < 4.78 is 0. The minimum atomic E-state index is 0.111. The molecule has 0 bridgehead atoms. The van der Waals surface area contributed by atoms with Gasteiger partial charge in [0.1, 0.15) is 0 Å². The zero-order valence-corrected chi connectivity index (χ0v) is 22.3. The van der Waals surface area contributed by atoms with Crippen LogP contribution in [0.15, 0.2) is 48.5 Å². The highest BCUT2D eigenvalue weighted by Crippen LogP contribution is 2.15. The van der Waals surface area contributed by atoms with Crippen molar-refractivity contribution in [1.29, 1.82) is 0 Å². The lowest BCUT2D eigenvalue weighted by Gasteiger charge is -2.38. The quantitative estimate of drug-likeness (QED) is 0.554. The molecule has 0 unspecified atom stereocenters. The minimum Gasteiger partial charge on any atom is -0.340 e. The molecule has 0 spiro atoms. The number of amides is 3. The Bertz CT molecular complexity index is 1090. The van der Waals surface area contributed by atoms with E-state index in [0.29, 0.717) is 71.7 Å². The summed E-state index contributed by atoms with van der Waals surface area (Å²) in [5, 5.41) is 0. The second kappa shape index (κ2) is 12.9. The van der Waals surface area contributed by atoms with Crippen molar-refractivity contribution in [3.05, 3.63) is 70.8 Å². The Balaban J connectivity index is 1.18. The van der Waals surface area contributed by atoms with Gasteiger partial charge >= 0.3 is 0 Å². The third-order valence-corrected chi connectivity index (χ3v) is 7.75. The van der Waals surface area contributed by atoms with E-state index in [1.54, 1.807) is 0 Å². The van der Waals surface area contributed by atoms with E-state index in [4.69, 9.17) is 0 Å². The first-order valence-corrected chi connectivity index (χ1v) is 13.7. The highest BCUT2D eigenvalue weighted by molar-refractivity contribution is 5.81. The molecule has 0 radical (unpaired) electrons. The number of hydrogen-bond acceptors (Lipinski definition) is 4. The number of hydrogen-bond donors (Lipinski definition) is 0. The first-order chi connectivity index (χ1) is 18.0. The van der Waals surface area contributed by atoms with E-state index in [1.807, 2.05) is 51.1 Å². The van der Waals surface area contributed by atoms with Gasteiger partial charge in [0.25, 0.3) is 0 Å². The molecule has 7 heteroatoms. The normalized spacial score (nSPS) is 16.6. The number of carbonyl (C=O) groups is 3. The summed E-state index contributed by atoms with van der Waals surface area (Å²) in [4.78, 5) is 46.5. The van der Waals surface area contributed by atoms with Gasteiger partial charge in [-0.25, -0.2) is 0 Å². The summed E-state index contributed by atoms with van der Waals surface area (Å²) in [7, 11) is 0. The standard InChI is InChI=1S/C30H40N4O3/c1-3-24-9-5-7-11-26(24)21-28(35)32-15-13-31(14-16-32)23-30(37)34-19-17-33(18-20-34)29(36)22-27-12-8-6-10-25(27)4-2/h5-12H,3-4,13-23H2,1-2H3. The van der Waals surface area contributed by atoms with Gasteiger partial charge in [0.05, 0.1) is 19.4 Å². The molecule has 37 heavy (non-hydrogen) atoms. The summed E-state index contributed by atoms with van der Waals surface area (Å²) in [6.45, 7) is 9.65. The number of benzene rings is 2. The van der Waals surface area contributed by atoms with Gasteiger partial charge in [-0.15, -0.1) is 0 Å². The molecule has 7 nitrogen and oxygen atoms in total. The van der Waals surface area contributed by atoms with E-state index >= 15 is 0 Å². The first-order valence-electron chi connectivity index (χ1n) is 13.7. The van der Waals surface area contributed by atoms with Gasteiger partial charge in [-0.1, -0.05) is 62.4 Å². The van der Waals surface area contributed by atoms with Gasteiger partial charge in [-0.2, -0.15) is 0 Å². The van der Waals surface area contributed by atoms with Crippen LogP contribution in [0.1, 0.15) is 36.1 Å².